The number of methoxy groups -OCH3 is 2. The number of hydrogen-bond acceptors (Lipinski definition) is 4. The molecule has 1 atom stereocenters. The van der Waals surface area contributed by atoms with Crippen molar-refractivity contribution in [2.75, 3.05) is 20.8 Å². The maximum absolute atomic E-state index is 11.6. The summed E-state index contributed by atoms with van der Waals surface area (Å²) in [5, 5.41) is 0. The van der Waals surface area contributed by atoms with Crippen molar-refractivity contribution >= 4 is 5.97 Å². The van der Waals surface area contributed by atoms with E-state index in [1.165, 1.54) is 0 Å². The van der Waals surface area contributed by atoms with Crippen LogP contribution in [0.25, 0.3) is 0 Å². The molecular formula is C15H22O4. The molecule has 0 N–H and O–H groups in total. The van der Waals surface area contributed by atoms with Crippen molar-refractivity contribution in [3.63, 3.8) is 0 Å². The highest BCUT2D eigenvalue weighted by Gasteiger charge is 2.16. The normalized spacial score (nSPS) is 11.8. The minimum atomic E-state index is -0.174. The van der Waals surface area contributed by atoms with E-state index in [0.717, 1.165) is 23.5 Å². The summed E-state index contributed by atoms with van der Waals surface area (Å²) < 4.78 is 15.6. The SMILES string of the molecule is CCCOC(=O)CC(C)c1ccc(OC)cc1OC. The minimum absolute atomic E-state index is 0.0465. The monoisotopic (exact) mass is 266 g/mol. The molecule has 0 heterocycles. The fraction of sp³-hybridized carbons (Fsp3) is 0.533. The number of rotatable bonds is 7. The number of hydrogen-bond donors (Lipinski definition) is 0. The molecule has 0 bridgehead atoms. The van der Waals surface area contributed by atoms with Crippen LogP contribution in [0.4, 0.5) is 0 Å². The van der Waals surface area contributed by atoms with E-state index < -0.39 is 0 Å². The molecule has 1 aromatic rings. The molecule has 1 unspecified atom stereocenters. The van der Waals surface area contributed by atoms with Gasteiger partial charge in [-0.1, -0.05) is 19.9 Å². The zero-order valence-electron chi connectivity index (χ0n) is 12.1. The first kappa shape index (κ1) is 15.3. The summed E-state index contributed by atoms with van der Waals surface area (Å²) in [7, 11) is 3.22. The standard InChI is InChI=1S/C15H22O4/c1-5-8-19-15(16)9-11(2)13-7-6-12(17-3)10-14(13)18-4/h6-7,10-11H,5,8-9H2,1-4H3. The Morgan fingerprint density at radius 3 is 2.58 bits per heavy atom. The third-order valence-electron chi connectivity index (χ3n) is 2.91. The molecule has 1 aromatic carbocycles. The summed E-state index contributed by atoms with van der Waals surface area (Å²) in [6.45, 7) is 4.44. The van der Waals surface area contributed by atoms with Gasteiger partial charge in [-0.15, -0.1) is 0 Å². The topological polar surface area (TPSA) is 44.8 Å². The maximum atomic E-state index is 11.6. The molecule has 0 radical (unpaired) electrons. The Hall–Kier alpha value is -1.71. The Morgan fingerprint density at radius 1 is 1.26 bits per heavy atom. The van der Waals surface area contributed by atoms with Crippen LogP contribution < -0.4 is 9.47 Å². The summed E-state index contributed by atoms with van der Waals surface area (Å²) in [5.41, 5.74) is 0.983. The summed E-state index contributed by atoms with van der Waals surface area (Å²) in [4.78, 5) is 11.6. The highest BCUT2D eigenvalue weighted by atomic mass is 16.5. The van der Waals surface area contributed by atoms with Gasteiger partial charge in [0.05, 0.1) is 27.2 Å². The summed E-state index contributed by atoms with van der Waals surface area (Å²) in [6, 6.07) is 5.62. The first-order valence-electron chi connectivity index (χ1n) is 6.49. The van der Waals surface area contributed by atoms with E-state index >= 15 is 0 Å². The number of carbonyl (C=O) groups is 1. The fourth-order valence-electron chi connectivity index (χ4n) is 1.86. The van der Waals surface area contributed by atoms with Crippen LogP contribution in [0.3, 0.4) is 0 Å². The number of carbonyl (C=O) groups excluding carboxylic acids is 1. The van der Waals surface area contributed by atoms with E-state index in [2.05, 4.69) is 0 Å². The lowest BCUT2D eigenvalue weighted by molar-refractivity contribution is -0.144. The second kappa shape index (κ2) is 7.67. The van der Waals surface area contributed by atoms with E-state index in [9.17, 15) is 4.79 Å². The van der Waals surface area contributed by atoms with Gasteiger partial charge in [-0.2, -0.15) is 0 Å². The molecule has 1 rings (SSSR count). The highest BCUT2D eigenvalue weighted by molar-refractivity contribution is 5.70. The molecular weight excluding hydrogens is 244 g/mol. The first-order valence-corrected chi connectivity index (χ1v) is 6.49. The molecule has 0 spiro atoms. The van der Waals surface area contributed by atoms with Crippen LogP contribution in [0.5, 0.6) is 11.5 Å². The summed E-state index contributed by atoms with van der Waals surface area (Å²) >= 11 is 0. The molecule has 0 aromatic heterocycles. The summed E-state index contributed by atoms with van der Waals surface area (Å²) in [6.07, 6.45) is 1.19. The largest absolute Gasteiger partial charge is 0.497 e. The molecule has 106 valence electrons. The predicted octanol–water partition coefficient (Wildman–Crippen LogP) is 3.15. The Balaban J connectivity index is 2.75. The van der Waals surface area contributed by atoms with Gasteiger partial charge in [0.1, 0.15) is 11.5 Å². The quantitative estimate of drug-likeness (QED) is 0.711. The lowest BCUT2D eigenvalue weighted by Gasteiger charge is -2.16. The van der Waals surface area contributed by atoms with Crippen LogP contribution >= 0.6 is 0 Å². The van der Waals surface area contributed by atoms with Crippen LogP contribution in [-0.4, -0.2) is 26.8 Å². The molecule has 0 saturated heterocycles. The van der Waals surface area contributed by atoms with E-state index in [1.807, 2.05) is 32.0 Å². The number of ether oxygens (including phenoxy) is 3. The van der Waals surface area contributed by atoms with Gasteiger partial charge < -0.3 is 14.2 Å². The average molecular weight is 266 g/mol. The Morgan fingerprint density at radius 2 is 2.00 bits per heavy atom. The van der Waals surface area contributed by atoms with Crippen LogP contribution in [0.1, 0.15) is 38.2 Å². The Kier molecular flexibility index (Phi) is 6.19. The van der Waals surface area contributed by atoms with E-state index in [-0.39, 0.29) is 11.9 Å². The molecule has 19 heavy (non-hydrogen) atoms. The molecule has 0 saturated carbocycles. The van der Waals surface area contributed by atoms with Gasteiger partial charge >= 0.3 is 5.97 Å². The van der Waals surface area contributed by atoms with Gasteiger partial charge in [0.25, 0.3) is 0 Å². The third-order valence-corrected chi connectivity index (χ3v) is 2.91. The van der Waals surface area contributed by atoms with Gasteiger partial charge in [-0.25, -0.2) is 0 Å². The molecule has 4 heteroatoms. The molecule has 0 aliphatic heterocycles. The van der Waals surface area contributed by atoms with Crippen molar-refractivity contribution in [2.24, 2.45) is 0 Å². The minimum Gasteiger partial charge on any atom is -0.497 e. The van der Waals surface area contributed by atoms with Crippen molar-refractivity contribution in [3.8, 4) is 11.5 Å². The van der Waals surface area contributed by atoms with Crippen molar-refractivity contribution in [1.29, 1.82) is 0 Å². The smallest absolute Gasteiger partial charge is 0.306 e. The van der Waals surface area contributed by atoms with Crippen molar-refractivity contribution in [1.82, 2.24) is 0 Å². The first-order chi connectivity index (χ1) is 9.12. The zero-order chi connectivity index (χ0) is 14.3. The van der Waals surface area contributed by atoms with Gasteiger partial charge in [0, 0.05) is 6.07 Å². The molecule has 0 aliphatic rings. The third kappa shape index (κ3) is 4.47. The second-order valence-corrected chi connectivity index (χ2v) is 4.43. The van der Waals surface area contributed by atoms with Gasteiger partial charge in [0.2, 0.25) is 0 Å². The van der Waals surface area contributed by atoms with Crippen LogP contribution in [0.2, 0.25) is 0 Å². The van der Waals surface area contributed by atoms with Crippen molar-refractivity contribution in [3.05, 3.63) is 23.8 Å². The van der Waals surface area contributed by atoms with Crippen LogP contribution in [0.15, 0.2) is 18.2 Å². The molecule has 4 nitrogen and oxygen atoms in total. The lowest BCUT2D eigenvalue weighted by Crippen LogP contribution is -2.10. The van der Waals surface area contributed by atoms with Crippen LogP contribution in [0, 0.1) is 0 Å². The Labute approximate surface area is 114 Å². The maximum Gasteiger partial charge on any atom is 0.306 e. The van der Waals surface area contributed by atoms with Gasteiger partial charge in [-0.3, -0.25) is 4.79 Å². The van der Waals surface area contributed by atoms with Gasteiger partial charge in [0.15, 0.2) is 0 Å². The van der Waals surface area contributed by atoms with Crippen molar-refractivity contribution in [2.45, 2.75) is 32.6 Å². The fourth-order valence-corrected chi connectivity index (χ4v) is 1.86. The van der Waals surface area contributed by atoms with E-state index in [0.29, 0.717) is 13.0 Å². The highest BCUT2D eigenvalue weighted by Crippen LogP contribution is 2.32. The summed E-state index contributed by atoms with van der Waals surface area (Å²) in [5.74, 6) is 1.34. The van der Waals surface area contributed by atoms with E-state index in [1.54, 1.807) is 14.2 Å². The predicted molar refractivity (Wildman–Crippen MR) is 73.8 cm³/mol. The number of esters is 1. The van der Waals surface area contributed by atoms with Crippen LogP contribution in [-0.2, 0) is 9.53 Å². The molecule has 0 aliphatic carbocycles. The lowest BCUT2D eigenvalue weighted by atomic mass is 9.96. The number of benzene rings is 1. The van der Waals surface area contributed by atoms with Crippen molar-refractivity contribution < 1.29 is 19.0 Å². The zero-order valence-corrected chi connectivity index (χ0v) is 12.1. The van der Waals surface area contributed by atoms with E-state index in [4.69, 9.17) is 14.2 Å². The second-order valence-electron chi connectivity index (χ2n) is 4.43. The molecule has 0 fully saturated rings. The van der Waals surface area contributed by atoms with Gasteiger partial charge in [-0.05, 0) is 24.0 Å². The molecule has 0 amide bonds. The Bertz CT molecular complexity index is 415. The average Bonchev–Trinajstić information content (AvgIpc) is 2.44.